The molecule has 199 valence electrons. The number of rotatable bonds is 4. The molecule has 0 unspecified atom stereocenters. The molecule has 0 amide bonds. The fourth-order valence-electron chi connectivity index (χ4n) is 5.87. The molecular formula is C37H26BN2O2. The van der Waals surface area contributed by atoms with E-state index in [0.29, 0.717) is 23.0 Å². The van der Waals surface area contributed by atoms with Crippen LogP contribution in [0, 0.1) is 6.92 Å². The molecule has 42 heavy (non-hydrogen) atoms. The quantitative estimate of drug-likeness (QED) is 0.226. The molecule has 0 aromatic heterocycles. The Morgan fingerprint density at radius 1 is 0.571 bits per heavy atom. The molecule has 2 aliphatic heterocycles. The molecule has 6 aromatic carbocycles. The van der Waals surface area contributed by atoms with Crippen LogP contribution in [0.25, 0.3) is 11.1 Å². The first-order valence-electron chi connectivity index (χ1n) is 14.1. The van der Waals surface area contributed by atoms with E-state index in [9.17, 15) is 0 Å². The zero-order valence-corrected chi connectivity index (χ0v) is 23.0. The number of fused-ring (bicyclic) bond motifs is 4. The molecule has 0 fully saturated rings. The van der Waals surface area contributed by atoms with Gasteiger partial charge in [-0.1, -0.05) is 78.3 Å². The van der Waals surface area contributed by atoms with Gasteiger partial charge in [-0.2, -0.15) is 0 Å². The fraction of sp³-hybridized carbons (Fsp3) is 0.0270. The molecule has 0 bridgehead atoms. The Morgan fingerprint density at radius 2 is 1.21 bits per heavy atom. The van der Waals surface area contributed by atoms with Crippen molar-refractivity contribution < 1.29 is 9.47 Å². The number of hydrogen-bond acceptors (Lipinski definition) is 4. The van der Waals surface area contributed by atoms with E-state index in [0.717, 1.165) is 45.0 Å². The molecule has 5 heteroatoms. The third-order valence-corrected chi connectivity index (χ3v) is 7.75. The lowest BCUT2D eigenvalue weighted by Gasteiger charge is -2.35. The van der Waals surface area contributed by atoms with Crippen LogP contribution in [0.3, 0.4) is 0 Å². The first-order chi connectivity index (χ1) is 20.7. The third kappa shape index (κ3) is 4.18. The number of anilines is 5. The van der Waals surface area contributed by atoms with E-state index in [-0.39, 0.29) is 0 Å². The maximum Gasteiger partial charge on any atom is 0.197 e. The maximum absolute atomic E-state index is 6.39. The monoisotopic (exact) mass is 541 g/mol. The van der Waals surface area contributed by atoms with Crippen molar-refractivity contribution in [3.63, 3.8) is 0 Å². The van der Waals surface area contributed by atoms with Crippen LogP contribution in [-0.4, -0.2) is 7.28 Å². The summed E-state index contributed by atoms with van der Waals surface area (Å²) in [5, 5.41) is 3.67. The van der Waals surface area contributed by atoms with Crippen LogP contribution in [0.5, 0.6) is 23.0 Å². The van der Waals surface area contributed by atoms with E-state index in [1.54, 1.807) is 0 Å². The molecule has 0 atom stereocenters. The predicted molar refractivity (Wildman–Crippen MR) is 173 cm³/mol. The topological polar surface area (TPSA) is 33.7 Å². The van der Waals surface area contributed by atoms with Crippen LogP contribution in [-0.2, 0) is 0 Å². The second-order valence-corrected chi connectivity index (χ2v) is 10.6. The lowest BCUT2D eigenvalue weighted by Crippen LogP contribution is -2.41. The summed E-state index contributed by atoms with van der Waals surface area (Å²) in [5.74, 6) is 2.79. The van der Waals surface area contributed by atoms with E-state index >= 15 is 0 Å². The van der Waals surface area contributed by atoms with E-state index < -0.39 is 0 Å². The minimum atomic E-state index is 0.678. The van der Waals surface area contributed by atoms with E-state index in [1.807, 2.05) is 48.5 Å². The van der Waals surface area contributed by atoms with Crippen molar-refractivity contribution >= 4 is 46.6 Å². The summed E-state index contributed by atoms with van der Waals surface area (Å²) in [5.41, 5.74) is 11.0. The van der Waals surface area contributed by atoms with Crippen molar-refractivity contribution in [1.29, 1.82) is 0 Å². The summed E-state index contributed by atoms with van der Waals surface area (Å²) in [4.78, 5) is 2.36. The van der Waals surface area contributed by atoms with Gasteiger partial charge in [0.25, 0.3) is 0 Å². The van der Waals surface area contributed by atoms with Crippen LogP contribution in [0.15, 0.2) is 133 Å². The highest BCUT2D eigenvalue weighted by Crippen LogP contribution is 2.49. The molecule has 0 spiro atoms. The fourth-order valence-corrected chi connectivity index (χ4v) is 5.87. The first kappa shape index (κ1) is 24.4. The molecule has 1 radical (unpaired) electrons. The summed E-state index contributed by atoms with van der Waals surface area (Å²) >= 11 is 0. The SMILES string of the molecule is Cc1cc(-c2cc3c(cc2Nc2ccccc2)Oc2ccccc2O3)c2c(c1)N(c1ccccc1)c1ccccc1[B]2. The second kappa shape index (κ2) is 9.90. The predicted octanol–water partition coefficient (Wildman–Crippen LogP) is 8.74. The van der Waals surface area contributed by atoms with E-state index in [4.69, 9.17) is 9.47 Å². The van der Waals surface area contributed by atoms with E-state index in [2.05, 4.69) is 109 Å². The van der Waals surface area contributed by atoms with Gasteiger partial charge in [0.05, 0.1) is 5.69 Å². The average Bonchev–Trinajstić information content (AvgIpc) is 3.03. The summed E-state index contributed by atoms with van der Waals surface area (Å²) in [7, 11) is 2.30. The Balaban J connectivity index is 1.35. The molecule has 0 saturated carbocycles. The number of nitrogens with zero attached hydrogens (tertiary/aromatic N) is 1. The Hall–Kier alpha value is -5.42. The summed E-state index contributed by atoms with van der Waals surface area (Å²) in [6.07, 6.45) is 0. The summed E-state index contributed by atoms with van der Waals surface area (Å²) in [6, 6.07) is 45.8. The third-order valence-electron chi connectivity index (χ3n) is 7.75. The second-order valence-electron chi connectivity index (χ2n) is 10.6. The van der Waals surface area contributed by atoms with Gasteiger partial charge >= 0.3 is 0 Å². The van der Waals surface area contributed by atoms with Crippen molar-refractivity contribution in [3.05, 3.63) is 139 Å². The van der Waals surface area contributed by atoms with Crippen LogP contribution in [0.4, 0.5) is 28.4 Å². The van der Waals surface area contributed by atoms with Crippen molar-refractivity contribution in [2.75, 3.05) is 10.2 Å². The minimum Gasteiger partial charge on any atom is -0.449 e. The Kier molecular flexibility index (Phi) is 5.75. The highest BCUT2D eigenvalue weighted by Gasteiger charge is 2.29. The molecule has 1 N–H and O–H groups in total. The highest BCUT2D eigenvalue weighted by molar-refractivity contribution is 6.73. The van der Waals surface area contributed by atoms with Crippen molar-refractivity contribution in [2.24, 2.45) is 0 Å². The molecular weight excluding hydrogens is 515 g/mol. The molecule has 2 heterocycles. The zero-order valence-electron chi connectivity index (χ0n) is 23.0. The Morgan fingerprint density at radius 3 is 1.98 bits per heavy atom. The van der Waals surface area contributed by atoms with Crippen LogP contribution < -0.4 is 30.6 Å². The molecule has 4 nitrogen and oxygen atoms in total. The van der Waals surface area contributed by atoms with Gasteiger partial charge in [-0.15, -0.1) is 0 Å². The van der Waals surface area contributed by atoms with Crippen molar-refractivity contribution in [3.8, 4) is 34.1 Å². The van der Waals surface area contributed by atoms with Crippen LogP contribution >= 0.6 is 0 Å². The molecule has 0 saturated heterocycles. The first-order valence-corrected chi connectivity index (χ1v) is 14.1. The van der Waals surface area contributed by atoms with Crippen LogP contribution in [0.2, 0.25) is 0 Å². The van der Waals surface area contributed by atoms with Gasteiger partial charge in [-0.3, -0.25) is 0 Å². The van der Waals surface area contributed by atoms with Crippen molar-refractivity contribution in [2.45, 2.75) is 6.92 Å². The Bertz CT molecular complexity index is 1960. The zero-order chi connectivity index (χ0) is 28.0. The summed E-state index contributed by atoms with van der Waals surface area (Å²) < 4.78 is 12.7. The number of ether oxygens (including phenoxy) is 2. The average molecular weight is 541 g/mol. The van der Waals surface area contributed by atoms with Crippen molar-refractivity contribution in [1.82, 2.24) is 0 Å². The molecule has 8 rings (SSSR count). The number of nitrogens with one attached hydrogen (secondary N) is 1. The van der Waals surface area contributed by atoms with Gasteiger partial charge in [-0.25, -0.2) is 0 Å². The smallest absolute Gasteiger partial charge is 0.197 e. The van der Waals surface area contributed by atoms with Gasteiger partial charge in [0.15, 0.2) is 30.3 Å². The normalized spacial score (nSPS) is 12.5. The molecule has 2 aliphatic rings. The van der Waals surface area contributed by atoms with E-state index in [1.165, 1.54) is 11.0 Å². The number of aryl methyl sites for hydroxylation is 1. The standard InChI is InChI=1S/C37H26BN2O2/c1-24-20-28(37-32(21-24)40(26-14-6-3-7-15-26)31-17-9-8-16-29(31)38-37)27-22-35-36(42-34-19-11-10-18-33(34)41-35)23-30(27)39-25-12-4-2-5-13-25/h2-23,39H,1H3. The van der Waals surface area contributed by atoms with Gasteiger partial charge in [0, 0.05) is 34.4 Å². The number of para-hydroxylation sites is 5. The largest absolute Gasteiger partial charge is 0.449 e. The van der Waals surface area contributed by atoms with Gasteiger partial charge in [0.1, 0.15) is 0 Å². The van der Waals surface area contributed by atoms with Gasteiger partial charge in [0.2, 0.25) is 0 Å². The minimum absolute atomic E-state index is 0.678. The van der Waals surface area contributed by atoms with Gasteiger partial charge in [-0.05, 0) is 78.1 Å². The number of benzene rings is 6. The lowest BCUT2D eigenvalue weighted by atomic mass is 9.58. The lowest BCUT2D eigenvalue weighted by molar-refractivity contribution is 0.360. The summed E-state index contributed by atoms with van der Waals surface area (Å²) in [6.45, 7) is 2.16. The van der Waals surface area contributed by atoms with Crippen LogP contribution in [0.1, 0.15) is 5.56 Å². The maximum atomic E-state index is 6.39. The highest BCUT2D eigenvalue weighted by atomic mass is 16.6. The number of hydrogen-bond donors (Lipinski definition) is 1. The molecule has 6 aromatic rings. The Labute approximate surface area is 246 Å². The molecule has 0 aliphatic carbocycles. The van der Waals surface area contributed by atoms with Gasteiger partial charge < -0.3 is 19.7 Å².